The van der Waals surface area contributed by atoms with Crippen LogP contribution in [-0.4, -0.2) is 48.1 Å². The highest BCUT2D eigenvalue weighted by molar-refractivity contribution is 7.14. The first-order chi connectivity index (χ1) is 11.7. The van der Waals surface area contributed by atoms with E-state index in [0.29, 0.717) is 10.6 Å². The van der Waals surface area contributed by atoms with Crippen molar-refractivity contribution in [1.82, 2.24) is 9.97 Å². The molecule has 0 aliphatic carbocycles. The minimum Gasteiger partial charge on any atom is -0.330 e. The van der Waals surface area contributed by atoms with Gasteiger partial charge in [0.05, 0.1) is 31.7 Å². The first-order valence-electron chi connectivity index (χ1n) is 7.84. The summed E-state index contributed by atoms with van der Waals surface area (Å²) in [6.45, 7) is 5.27. The van der Waals surface area contributed by atoms with Crippen molar-refractivity contribution in [2.24, 2.45) is 0 Å². The van der Waals surface area contributed by atoms with Crippen molar-refractivity contribution in [1.29, 1.82) is 5.26 Å². The van der Waals surface area contributed by atoms with Crippen molar-refractivity contribution in [3.05, 3.63) is 35.5 Å². The summed E-state index contributed by atoms with van der Waals surface area (Å²) in [4.78, 5) is 24.4. The number of anilines is 2. The first kappa shape index (κ1) is 16.4. The number of thiophene rings is 1. The molecule has 2 N–H and O–H groups in total. The number of nitriles is 1. The van der Waals surface area contributed by atoms with Gasteiger partial charge < -0.3 is 15.1 Å². The second-order valence-electron chi connectivity index (χ2n) is 5.68. The molecule has 0 bridgehead atoms. The van der Waals surface area contributed by atoms with Gasteiger partial charge >= 0.3 is 0 Å². The molecule has 0 unspecified atom stereocenters. The molecule has 1 aliphatic rings. The van der Waals surface area contributed by atoms with Crippen LogP contribution in [0.15, 0.2) is 29.9 Å². The summed E-state index contributed by atoms with van der Waals surface area (Å²) in [6, 6.07) is 5.44. The van der Waals surface area contributed by atoms with Crippen molar-refractivity contribution < 1.29 is 9.69 Å². The Balaban J connectivity index is 1.56. The van der Waals surface area contributed by atoms with E-state index in [4.69, 9.17) is 5.26 Å². The first-order valence-corrected chi connectivity index (χ1v) is 8.72. The zero-order valence-electron chi connectivity index (χ0n) is 13.4. The monoisotopic (exact) mass is 343 g/mol. The predicted octanol–water partition coefficient (Wildman–Crippen LogP) is 0.142. The zero-order chi connectivity index (χ0) is 16.9. The number of quaternary nitrogens is 1. The molecule has 2 aromatic heterocycles. The number of aromatic nitrogens is 2. The lowest BCUT2D eigenvalue weighted by Crippen LogP contribution is -3.19. The Morgan fingerprint density at radius 2 is 2.12 bits per heavy atom. The lowest BCUT2D eigenvalue weighted by molar-refractivity contribution is -0.914. The molecule has 8 heteroatoms. The van der Waals surface area contributed by atoms with Crippen molar-refractivity contribution in [2.45, 2.75) is 13.0 Å². The summed E-state index contributed by atoms with van der Waals surface area (Å²) in [5.41, 5.74) is 0.515. The molecular formula is C16H19N6OS+. The average Bonchev–Trinajstić information content (AvgIpc) is 3.09. The molecule has 7 nitrogen and oxygen atoms in total. The van der Waals surface area contributed by atoms with Crippen molar-refractivity contribution in [3.8, 4) is 6.07 Å². The van der Waals surface area contributed by atoms with Gasteiger partial charge in [-0.15, -0.1) is 11.3 Å². The van der Waals surface area contributed by atoms with Gasteiger partial charge in [0.2, 0.25) is 5.95 Å². The van der Waals surface area contributed by atoms with Crippen LogP contribution < -0.4 is 15.1 Å². The van der Waals surface area contributed by atoms with Gasteiger partial charge in [0.25, 0.3) is 5.91 Å². The summed E-state index contributed by atoms with van der Waals surface area (Å²) < 4.78 is 0. The fraction of sp³-hybridized carbons (Fsp3) is 0.375. The molecule has 1 fully saturated rings. The molecule has 0 spiro atoms. The van der Waals surface area contributed by atoms with Crippen LogP contribution in [-0.2, 0) is 4.79 Å². The van der Waals surface area contributed by atoms with Crippen LogP contribution in [0.4, 0.5) is 10.9 Å². The maximum Gasteiger partial charge on any atom is 0.283 e. The van der Waals surface area contributed by atoms with Crippen LogP contribution in [0.3, 0.4) is 0 Å². The molecule has 0 radical (unpaired) electrons. The number of carbonyl (C=O) groups excluding carboxylic acids is 1. The maximum atomic E-state index is 12.5. The minimum absolute atomic E-state index is 0.0478. The molecule has 24 heavy (non-hydrogen) atoms. The number of rotatable bonds is 4. The largest absolute Gasteiger partial charge is 0.330 e. The Bertz CT molecular complexity index is 733. The highest BCUT2D eigenvalue weighted by Gasteiger charge is 2.30. The Morgan fingerprint density at radius 1 is 1.42 bits per heavy atom. The van der Waals surface area contributed by atoms with E-state index >= 15 is 0 Å². The highest BCUT2D eigenvalue weighted by Crippen LogP contribution is 2.22. The second kappa shape index (κ2) is 7.38. The normalized spacial score (nSPS) is 16.4. The maximum absolute atomic E-state index is 12.5. The van der Waals surface area contributed by atoms with Crippen molar-refractivity contribution in [3.63, 3.8) is 0 Å². The molecule has 124 valence electrons. The number of hydrogen-bond donors (Lipinski definition) is 2. The van der Waals surface area contributed by atoms with Crippen molar-refractivity contribution in [2.75, 3.05) is 36.4 Å². The van der Waals surface area contributed by atoms with E-state index in [1.807, 2.05) is 12.3 Å². The molecule has 0 saturated carbocycles. The number of piperazine rings is 1. The van der Waals surface area contributed by atoms with E-state index in [0.717, 1.165) is 32.1 Å². The fourth-order valence-corrected chi connectivity index (χ4v) is 3.52. The zero-order valence-corrected chi connectivity index (χ0v) is 14.2. The second-order valence-corrected chi connectivity index (χ2v) is 6.60. The molecule has 1 atom stereocenters. The van der Waals surface area contributed by atoms with E-state index in [-0.39, 0.29) is 11.9 Å². The van der Waals surface area contributed by atoms with Gasteiger partial charge in [-0.25, -0.2) is 9.97 Å². The molecule has 3 rings (SSSR count). The molecule has 1 amide bonds. The lowest BCUT2D eigenvalue weighted by Gasteiger charge is -2.34. The highest BCUT2D eigenvalue weighted by atomic mass is 32.1. The number of amides is 1. The van der Waals surface area contributed by atoms with E-state index in [9.17, 15) is 4.79 Å². The Morgan fingerprint density at radius 3 is 2.79 bits per heavy atom. The van der Waals surface area contributed by atoms with Crippen molar-refractivity contribution >= 4 is 28.2 Å². The number of carbonyl (C=O) groups is 1. The predicted molar refractivity (Wildman–Crippen MR) is 92.1 cm³/mol. The van der Waals surface area contributed by atoms with Crippen LogP contribution in [0.2, 0.25) is 0 Å². The molecule has 1 aliphatic heterocycles. The van der Waals surface area contributed by atoms with E-state index in [1.54, 1.807) is 24.5 Å². The quantitative estimate of drug-likeness (QED) is 0.825. The summed E-state index contributed by atoms with van der Waals surface area (Å²) >= 11 is 1.38. The summed E-state index contributed by atoms with van der Waals surface area (Å²) in [6.07, 6.45) is 3.48. The minimum atomic E-state index is -0.169. The van der Waals surface area contributed by atoms with Gasteiger partial charge in [0.15, 0.2) is 6.04 Å². The van der Waals surface area contributed by atoms with Crippen LogP contribution in [0.1, 0.15) is 12.5 Å². The van der Waals surface area contributed by atoms with Gasteiger partial charge in [0, 0.05) is 12.4 Å². The standard InChI is InChI=1S/C16H18N6OS/c1-12(14(23)20-15-13(11-17)3-10-24-15)21-6-8-22(9-7-21)16-18-4-2-5-19-16/h2-5,10,12H,6-9H2,1H3,(H,20,23)/p+1/t12-/m1/s1. The molecule has 3 heterocycles. The third-order valence-corrected chi connectivity index (χ3v) is 5.10. The number of hydrogen-bond acceptors (Lipinski definition) is 6. The Hall–Kier alpha value is -2.50. The SMILES string of the molecule is C[C@H](C(=O)Nc1sccc1C#N)[NH+]1CCN(c2ncccn2)CC1. The van der Waals surface area contributed by atoms with E-state index < -0.39 is 0 Å². The number of nitrogens with one attached hydrogen (secondary N) is 2. The Labute approximate surface area is 144 Å². The van der Waals surface area contributed by atoms with Crippen LogP contribution in [0.25, 0.3) is 0 Å². The third-order valence-electron chi connectivity index (χ3n) is 4.27. The van der Waals surface area contributed by atoms with Gasteiger partial charge in [-0.1, -0.05) is 0 Å². The van der Waals surface area contributed by atoms with Gasteiger partial charge in [0.1, 0.15) is 11.1 Å². The molecule has 0 aromatic carbocycles. The molecular weight excluding hydrogens is 324 g/mol. The molecule has 1 saturated heterocycles. The summed E-state index contributed by atoms with van der Waals surface area (Å²) in [7, 11) is 0. The van der Waals surface area contributed by atoms with Gasteiger partial charge in [-0.2, -0.15) is 5.26 Å². The molecule has 2 aromatic rings. The van der Waals surface area contributed by atoms with Gasteiger partial charge in [-0.3, -0.25) is 4.79 Å². The van der Waals surface area contributed by atoms with E-state index in [1.165, 1.54) is 16.2 Å². The lowest BCUT2D eigenvalue weighted by atomic mass is 10.2. The van der Waals surface area contributed by atoms with Crippen LogP contribution in [0.5, 0.6) is 0 Å². The Kier molecular flexibility index (Phi) is 5.03. The third kappa shape index (κ3) is 3.53. The van der Waals surface area contributed by atoms with Gasteiger partial charge in [-0.05, 0) is 24.4 Å². The summed E-state index contributed by atoms with van der Waals surface area (Å²) in [5, 5.41) is 14.3. The van der Waals surface area contributed by atoms with E-state index in [2.05, 4.69) is 26.3 Å². The smallest absolute Gasteiger partial charge is 0.283 e. The topological polar surface area (TPSA) is 86.4 Å². The van der Waals surface area contributed by atoms with Crippen LogP contribution in [0, 0.1) is 11.3 Å². The number of nitrogens with zero attached hydrogens (tertiary/aromatic N) is 4. The van der Waals surface area contributed by atoms with Crippen LogP contribution >= 0.6 is 11.3 Å². The summed E-state index contributed by atoms with van der Waals surface area (Å²) in [5.74, 6) is 0.694. The average molecular weight is 343 g/mol. The fourth-order valence-electron chi connectivity index (χ4n) is 2.78.